The molecular formula is C19H15BrF3NO2. The smallest absolute Gasteiger partial charge is 0.416 e. The van der Waals surface area contributed by atoms with Crippen molar-refractivity contribution in [3.05, 3.63) is 69.7 Å². The van der Waals surface area contributed by atoms with Crippen LogP contribution in [0.4, 0.5) is 13.2 Å². The second kappa shape index (κ2) is 7.92. The lowest BCUT2D eigenvalue weighted by atomic mass is 9.76. The third kappa shape index (κ3) is 4.07. The first-order valence-corrected chi connectivity index (χ1v) is 8.53. The molecule has 7 heteroatoms. The lowest BCUT2D eigenvalue weighted by Gasteiger charge is -2.26. The second-order valence-electron chi connectivity index (χ2n) is 5.58. The fourth-order valence-corrected chi connectivity index (χ4v) is 2.93. The van der Waals surface area contributed by atoms with Gasteiger partial charge in [-0.25, -0.2) is 4.79 Å². The highest BCUT2D eigenvalue weighted by Gasteiger charge is 2.45. The summed E-state index contributed by atoms with van der Waals surface area (Å²) in [5.74, 6) is -0.873. The van der Waals surface area contributed by atoms with Crippen molar-refractivity contribution in [2.45, 2.75) is 24.9 Å². The van der Waals surface area contributed by atoms with Crippen LogP contribution >= 0.6 is 15.9 Å². The van der Waals surface area contributed by atoms with Gasteiger partial charge in [0, 0.05) is 10.9 Å². The highest BCUT2D eigenvalue weighted by Crippen LogP contribution is 2.37. The number of halogens is 4. The fraction of sp³-hybridized carbons (Fsp3) is 0.263. The Hall–Kier alpha value is -2.33. The molecule has 0 saturated carbocycles. The molecular weight excluding hydrogens is 411 g/mol. The van der Waals surface area contributed by atoms with Crippen molar-refractivity contribution in [2.24, 2.45) is 0 Å². The van der Waals surface area contributed by atoms with Crippen molar-refractivity contribution in [2.75, 3.05) is 6.61 Å². The Balaban J connectivity index is 2.62. The van der Waals surface area contributed by atoms with E-state index in [-0.39, 0.29) is 17.7 Å². The van der Waals surface area contributed by atoms with Gasteiger partial charge in [-0.15, -0.1) is 0 Å². The van der Waals surface area contributed by atoms with Gasteiger partial charge in [0.1, 0.15) is 0 Å². The molecule has 2 aromatic carbocycles. The first-order chi connectivity index (χ1) is 12.2. The Morgan fingerprint density at radius 1 is 1.15 bits per heavy atom. The van der Waals surface area contributed by atoms with Gasteiger partial charge in [-0.05, 0) is 36.2 Å². The minimum atomic E-state index is -4.59. The molecule has 0 heterocycles. The molecule has 0 amide bonds. The van der Waals surface area contributed by atoms with Gasteiger partial charge >= 0.3 is 12.1 Å². The highest BCUT2D eigenvalue weighted by molar-refractivity contribution is 9.10. The molecule has 0 aliphatic heterocycles. The van der Waals surface area contributed by atoms with Crippen LogP contribution < -0.4 is 0 Å². The molecule has 3 nitrogen and oxygen atoms in total. The van der Waals surface area contributed by atoms with E-state index in [2.05, 4.69) is 15.9 Å². The monoisotopic (exact) mass is 425 g/mol. The van der Waals surface area contributed by atoms with Gasteiger partial charge < -0.3 is 4.74 Å². The third-order valence-electron chi connectivity index (χ3n) is 3.93. The van der Waals surface area contributed by atoms with Crippen LogP contribution in [0.5, 0.6) is 0 Å². The standard InChI is InChI=1S/C19H15BrF3NO2/c1-2-26-17(25)18(12-24,14-7-9-15(20)10-8-14)11-13-5-3-4-6-16(13)19(21,22)23/h3-10H,2,11H2,1H3. The van der Waals surface area contributed by atoms with Gasteiger partial charge in [-0.3, -0.25) is 0 Å². The molecule has 26 heavy (non-hydrogen) atoms. The number of rotatable bonds is 5. The molecule has 0 radical (unpaired) electrons. The minimum absolute atomic E-state index is 0.0136. The van der Waals surface area contributed by atoms with E-state index in [0.29, 0.717) is 4.47 Å². The van der Waals surface area contributed by atoms with Gasteiger partial charge in [-0.2, -0.15) is 18.4 Å². The SMILES string of the molecule is CCOC(=O)C(C#N)(Cc1ccccc1C(F)(F)F)c1ccc(Br)cc1. The van der Waals surface area contributed by atoms with Crippen molar-refractivity contribution in [1.29, 1.82) is 5.26 Å². The summed E-state index contributed by atoms with van der Waals surface area (Å²) in [5.41, 5.74) is -2.62. The summed E-state index contributed by atoms with van der Waals surface area (Å²) < 4.78 is 45.7. The van der Waals surface area contributed by atoms with E-state index in [1.807, 2.05) is 6.07 Å². The zero-order valence-electron chi connectivity index (χ0n) is 13.8. The predicted octanol–water partition coefficient (Wildman–Crippen LogP) is 5.04. The van der Waals surface area contributed by atoms with E-state index in [4.69, 9.17) is 4.74 Å². The van der Waals surface area contributed by atoms with Gasteiger partial charge in [0.25, 0.3) is 0 Å². The van der Waals surface area contributed by atoms with Gasteiger partial charge in [0.2, 0.25) is 0 Å². The zero-order valence-corrected chi connectivity index (χ0v) is 15.4. The second-order valence-corrected chi connectivity index (χ2v) is 6.49. The Morgan fingerprint density at radius 2 is 1.77 bits per heavy atom. The molecule has 0 spiro atoms. The average Bonchev–Trinajstić information content (AvgIpc) is 2.60. The van der Waals surface area contributed by atoms with Crippen molar-refractivity contribution in [3.8, 4) is 6.07 Å². The maximum absolute atomic E-state index is 13.3. The van der Waals surface area contributed by atoms with Gasteiger partial charge in [-0.1, -0.05) is 46.3 Å². The molecule has 0 bridgehead atoms. The summed E-state index contributed by atoms with van der Waals surface area (Å²) in [6.07, 6.45) is -5.04. The van der Waals surface area contributed by atoms with Gasteiger partial charge in [0.05, 0.1) is 18.2 Å². The van der Waals surface area contributed by atoms with Crippen LogP contribution in [0, 0.1) is 11.3 Å². The zero-order chi connectivity index (χ0) is 19.4. The van der Waals surface area contributed by atoms with Crippen molar-refractivity contribution < 1.29 is 22.7 Å². The Bertz CT molecular complexity index is 828. The first kappa shape index (κ1) is 20.0. The molecule has 0 fully saturated rings. The molecule has 2 aromatic rings. The lowest BCUT2D eigenvalue weighted by Crippen LogP contribution is -2.39. The largest absolute Gasteiger partial charge is 0.465 e. The summed E-state index contributed by atoms with van der Waals surface area (Å²) in [4.78, 5) is 12.6. The molecule has 0 aromatic heterocycles. The maximum Gasteiger partial charge on any atom is 0.416 e. The Kier molecular flexibility index (Phi) is 6.09. The van der Waals surface area contributed by atoms with Crippen molar-refractivity contribution >= 4 is 21.9 Å². The number of ether oxygens (including phenoxy) is 1. The van der Waals surface area contributed by atoms with E-state index in [9.17, 15) is 23.2 Å². The molecule has 1 atom stereocenters. The van der Waals surface area contributed by atoms with E-state index < -0.39 is 29.5 Å². The number of benzene rings is 2. The molecule has 0 aliphatic rings. The van der Waals surface area contributed by atoms with E-state index >= 15 is 0 Å². The summed E-state index contributed by atoms with van der Waals surface area (Å²) in [6, 6.07) is 13.1. The topological polar surface area (TPSA) is 50.1 Å². The number of carbonyl (C=O) groups is 1. The quantitative estimate of drug-likeness (QED) is 0.630. The Morgan fingerprint density at radius 3 is 2.31 bits per heavy atom. The number of hydrogen-bond donors (Lipinski definition) is 0. The van der Waals surface area contributed by atoms with E-state index in [1.165, 1.54) is 30.3 Å². The number of alkyl halides is 3. The van der Waals surface area contributed by atoms with Crippen molar-refractivity contribution in [1.82, 2.24) is 0 Å². The maximum atomic E-state index is 13.3. The van der Waals surface area contributed by atoms with Crippen LogP contribution in [0.2, 0.25) is 0 Å². The van der Waals surface area contributed by atoms with Gasteiger partial charge in [0.15, 0.2) is 5.41 Å². The third-order valence-corrected chi connectivity index (χ3v) is 4.46. The number of hydrogen-bond acceptors (Lipinski definition) is 3. The lowest BCUT2D eigenvalue weighted by molar-refractivity contribution is -0.148. The predicted molar refractivity (Wildman–Crippen MR) is 93.2 cm³/mol. The number of nitrogens with zero attached hydrogens (tertiary/aromatic N) is 1. The average molecular weight is 426 g/mol. The Labute approximate surface area is 157 Å². The van der Waals surface area contributed by atoms with Crippen LogP contribution in [0.1, 0.15) is 23.6 Å². The van der Waals surface area contributed by atoms with E-state index in [0.717, 1.165) is 6.07 Å². The van der Waals surface area contributed by atoms with Crippen LogP contribution in [0.25, 0.3) is 0 Å². The van der Waals surface area contributed by atoms with Crippen LogP contribution in [-0.2, 0) is 27.5 Å². The molecule has 1 unspecified atom stereocenters. The number of esters is 1. The molecule has 0 N–H and O–H groups in total. The van der Waals surface area contributed by atoms with Crippen LogP contribution in [0.3, 0.4) is 0 Å². The molecule has 2 rings (SSSR count). The minimum Gasteiger partial charge on any atom is -0.465 e. The fourth-order valence-electron chi connectivity index (χ4n) is 2.67. The molecule has 136 valence electrons. The first-order valence-electron chi connectivity index (χ1n) is 7.74. The van der Waals surface area contributed by atoms with Crippen molar-refractivity contribution in [3.63, 3.8) is 0 Å². The number of carbonyl (C=O) groups excluding carboxylic acids is 1. The summed E-state index contributed by atoms with van der Waals surface area (Å²) in [7, 11) is 0. The summed E-state index contributed by atoms with van der Waals surface area (Å²) in [6.45, 7) is 1.59. The van der Waals surface area contributed by atoms with Crippen LogP contribution in [0.15, 0.2) is 53.0 Å². The summed E-state index contributed by atoms with van der Waals surface area (Å²) >= 11 is 3.26. The summed E-state index contributed by atoms with van der Waals surface area (Å²) in [5, 5.41) is 9.81. The van der Waals surface area contributed by atoms with Crippen LogP contribution in [-0.4, -0.2) is 12.6 Å². The number of nitriles is 1. The molecule has 0 aliphatic carbocycles. The molecule has 0 saturated heterocycles. The highest BCUT2D eigenvalue weighted by atomic mass is 79.9. The van der Waals surface area contributed by atoms with E-state index in [1.54, 1.807) is 19.1 Å². The normalized spacial score (nSPS) is 13.5.